The van der Waals surface area contributed by atoms with E-state index in [0.29, 0.717) is 53.3 Å². The number of nitrogens with zero attached hydrogens (tertiary/aromatic N) is 6. The summed E-state index contributed by atoms with van der Waals surface area (Å²) in [5.74, 6) is -0.366. The molecule has 5 aromatic rings. The molecule has 0 radical (unpaired) electrons. The van der Waals surface area contributed by atoms with E-state index >= 15 is 0 Å². The maximum atomic E-state index is 14.8. The summed E-state index contributed by atoms with van der Waals surface area (Å²) in [5.41, 5.74) is 10.0. The number of likely N-dealkylation sites (tertiary alicyclic amines) is 1. The highest BCUT2D eigenvalue weighted by molar-refractivity contribution is 6.23. The van der Waals surface area contributed by atoms with Crippen LogP contribution < -0.4 is 30.2 Å². The number of anilines is 2. The van der Waals surface area contributed by atoms with E-state index in [2.05, 4.69) is 15.2 Å². The van der Waals surface area contributed by atoms with Crippen molar-refractivity contribution in [3.05, 3.63) is 83.8 Å². The van der Waals surface area contributed by atoms with Crippen LogP contribution in [0.3, 0.4) is 0 Å². The Hall–Kier alpha value is -7.04. The van der Waals surface area contributed by atoms with E-state index in [1.54, 1.807) is 43.6 Å². The van der Waals surface area contributed by atoms with E-state index in [9.17, 15) is 28.4 Å². The predicted molar refractivity (Wildman–Crippen MR) is 227 cm³/mol. The molecule has 1 unspecified atom stereocenters. The highest BCUT2D eigenvalue weighted by Crippen LogP contribution is 2.44. The van der Waals surface area contributed by atoms with Crippen molar-refractivity contribution < 1.29 is 42.6 Å². The minimum atomic E-state index is -1.00. The van der Waals surface area contributed by atoms with Gasteiger partial charge in [-0.05, 0) is 86.7 Å². The molecule has 4 aliphatic heterocycles. The van der Waals surface area contributed by atoms with Gasteiger partial charge in [0, 0.05) is 61.6 Å². The number of imide groups is 2. The predicted octanol–water partition coefficient (Wildman–Crippen LogP) is 5.36. The zero-order valence-corrected chi connectivity index (χ0v) is 34.7. The number of pyridine rings is 1. The topological polar surface area (TPSA) is 192 Å². The van der Waals surface area contributed by atoms with E-state index < -0.39 is 35.5 Å². The number of benzene rings is 3. The van der Waals surface area contributed by atoms with Gasteiger partial charge in [-0.15, -0.1) is 0 Å². The summed E-state index contributed by atoms with van der Waals surface area (Å²) in [5, 5.41) is 7.99. The highest BCUT2D eigenvalue weighted by Gasteiger charge is 2.47. The van der Waals surface area contributed by atoms with Crippen molar-refractivity contribution >= 4 is 51.9 Å². The van der Waals surface area contributed by atoms with E-state index in [4.69, 9.17) is 25.0 Å². The Labute approximate surface area is 361 Å². The van der Waals surface area contributed by atoms with Gasteiger partial charge in [0.05, 0.1) is 43.0 Å². The Bertz CT molecular complexity index is 2700. The van der Waals surface area contributed by atoms with Crippen molar-refractivity contribution in [3.8, 4) is 34.3 Å². The number of amides is 5. The molecular weight excluding hydrogens is 812 g/mol. The molecule has 324 valence electrons. The smallest absolute Gasteiger partial charge is 0.262 e. The SMILES string of the molecule is COc1cccc(Oc2ccc(-c3nn(C4CCC(C(=O)N5CC(C6CN(c7ccc8c(c7)C(=O)N(C7CCC(=O)NC7=O)C8=O)C6)C5)CC4)c4c(OC)cnc(N)c34)cc2)c1F. The molecule has 5 aliphatic rings. The van der Waals surface area contributed by atoms with Gasteiger partial charge in [-0.25, -0.2) is 4.98 Å². The lowest BCUT2D eigenvalue weighted by molar-refractivity contribution is -0.145. The van der Waals surface area contributed by atoms with Crippen molar-refractivity contribution in [1.29, 1.82) is 0 Å². The first-order chi connectivity index (χ1) is 30.5. The Kier molecular flexibility index (Phi) is 9.98. The Morgan fingerprint density at radius 2 is 1.52 bits per heavy atom. The lowest BCUT2D eigenvalue weighted by Crippen LogP contribution is -2.61. The standard InChI is InChI=1S/C46H45FN8O8/c1-61-34-4-3-5-35(39(34)47)63-30-13-8-24(9-14-30)40-38-41(36(62-2)19-49-42(38)48)55(51-40)28-10-6-25(7-11-28)44(58)53-22-27(23-53)26-20-52(21-26)29-12-15-31-32(18-29)46(60)54(45(31)59)33-16-17-37(56)50-43(33)57/h3-5,8-9,12-15,18-19,25-28,33H,6-7,10-11,16-17,20-23H2,1-2H3,(H2,48,49)(H,50,56,57). The molecule has 63 heavy (non-hydrogen) atoms. The number of nitrogens with one attached hydrogen (secondary N) is 1. The maximum Gasteiger partial charge on any atom is 0.262 e. The first kappa shape index (κ1) is 40.1. The number of hydrogen-bond donors (Lipinski definition) is 2. The van der Waals surface area contributed by atoms with Crippen molar-refractivity contribution in [2.24, 2.45) is 17.8 Å². The molecule has 0 spiro atoms. The average Bonchev–Trinajstić information content (AvgIpc) is 3.78. The molecule has 1 aliphatic carbocycles. The minimum Gasteiger partial charge on any atom is -0.494 e. The number of rotatable bonds is 10. The summed E-state index contributed by atoms with van der Waals surface area (Å²) in [6.45, 7) is 2.98. The number of methoxy groups -OCH3 is 2. The summed E-state index contributed by atoms with van der Waals surface area (Å²) in [7, 11) is 2.98. The molecule has 2 aromatic heterocycles. The largest absolute Gasteiger partial charge is 0.494 e. The third kappa shape index (κ3) is 6.85. The molecule has 3 saturated heterocycles. The van der Waals surface area contributed by atoms with Crippen LogP contribution in [0.4, 0.5) is 15.9 Å². The summed E-state index contributed by atoms with van der Waals surface area (Å²) in [4.78, 5) is 73.9. The lowest BCUT2D eigenvalue weighted by Gasteiger charge is -2.52. The molecule has 1 atom stereocenters. The summed E-state index contributed by atoms with van der Waals surface area (Å²) in [6, 6.07) is 16.1. The number of nitrogen functional groups attached to an aromatic ring is 1. The van der Waals surface area contributed by atoms with E-state index in [0.717, 1.165) is 60.4 Å². The van der Waals surface area contributed by atoms with Gasteiger partial charge < -0.3 is 29.7 Å². The fourth-order valence-corrected chi connectivity index (χ4v) is 9.81. The van der Waals surface area contributed by atoms with E-state index in [1.807, 2.05) is 27.8 Å². The number of piperidine rings is 1. The number of carbonyl (C=O) groups excluding carboxylic acids is 5. The number of carbonyl (C=O) groups is 5. The van der Waals surface area contributed by atoms with E-state index in [1.165, 1.54) is 19.2 Å². The molecule has 4 fully saturated rings. The quantitative estimate of drug-likeness (QED) is 0.171. The normalized spacial score (nSPS) is 21.6. The fraction of sp³-hybridized carbons (Fsp3) is 0.370. The van der Waals surface area contributed by atoms with Gasteiger partial charge in [-0.1, -0.05) is 6.07 Å². The van der Waals surface area contributed by atoms with E-state index in [-0.39, 0.29) is 53.3 Å². The van der Waals surface area contributed by atoms with Gasteiger partial charge in [0.2, 0.25) is 23.5 Å². The molecule has 17 heteroatoms. The number of hydrogen-bond acceptors (Lipinski definition) is 12. The van der Waals surface area contributed by atoms with Crippen LogP contribution >= 0.6 is 0 Å². The molecule has 6 heterocycles. The monoisotopic (exact) mass is 856 g/mol. The Balaban J connectivity index is 0.753. The molecule has 10 rings (SSSR count). The van der Waals surface area contributed by atoms with Crippen LogP contribution in [0.5, 0.6) is 23.0 Å². The average molecular weight is 857 g/mol. The second kappa shape index (κ2) is 15.7. The number of ether oxygens (including phenoxy) is 3. The van der Waals surface area contributed by atoms with Crippen LogP contribution in [-0.4, -0.2) is 101 Å². The number of fused-ring (bicyclic) bond motifs is 2. The van der Waals surface area contributed by atoms with Gasteiger partial charge in [-0.3, -0.25) is 38.9 Å². The zero-order valence-electron chi connectivity index (χ0n) is 34.7. The van der Waals surface area contributed by atoms with Crippen LogP contribution in [0.1, 0.15) is 65.3 Å². The van der Waals surface area contributed by atoms with Crippen molar-refractivity contribution in [3.63, 3.8) is 0 Å². The summed E-state index contributed by atoms with van der Waals surface area (Å²) in [6.07, 6.45) is 4.70. The van der Waals surface area contributed by atoms with Crippen molar-refractivity contribution in [1.82, 2.24) is 29.9 Å². The van der Waals surface area contributed by atoms with Gasteiger partial charge >= 0.3 is 0 Å². The van der Waals surface area contributed by atoms with Gasteiger partial charge in [0.15, 0.2) is 17.2 Å². The number of aromatic nitrogens is 3. The number of nitrogens with two attached hydrogens (primary N) is 1. The van der Waals surface area contributed by atoms with Gasteiger partial charge in [-0.2, -0.15) is 9.49 Å². The number of halogens is 1. The molecule has 1 saturated carbocycles. The highest BCUT2D eigenvalue weighted by atomic mass is 19.1. The van der Waals surface area contributed by atoms with Gasteiger partial charge in [0.25, 0.3) is 11.8 Å². The lowest BCUT2D eigenvalue weighted by atomic mass is 9.78. The summed E-state index contributed by atoms with van der Waals surface area (Å²) >= 11 is 0. The first-order valence-corrected chi connectivity index (χ1v) is 21.2. The third-order valence-electron chi connectivity index (χ3n) is 13.4. The van der Waals surface area contributed by atoms with Crippen molar-refractivity contribution in [2.45, 2.75) is 50.6 Å². The van der Waals surface area contributed by atoms with Gasteiger partial charge in [0.1, 0.15) is 28.8 Å². The molecular formula is C46H45FN8O8. The maximum absolute atomic E-state index is 14.8. The zero-order chi connectivity index (χ0) is 43.7. The van der Waals surface area contributed by atoms with Crippen LogP contribution in [0.15, 0.2) is 66.9 Å². The third-order valence-corrected chi connectivity index (χ3v) is 13.4. The van der Waals surface area contributed by atoms with Crippen LogP contribution in [0.25, 0.3) is 22.2 Å². The molecule has 3 N–H and O–H groups in total. The molecule has 5 amide bonds. The molecule has 16 nitrogen and oxygen atoms in total. The molecule has 0 bridgehead atoms. The van der Waals surface area contributed by atoms with Crippen molar-refractivity contribution in [2.75, 3.05) is 51.0 Å². The van der Waals surface area contributed by atoms with Crippen LogP contribution in [0, 0.1) is 23.6 Å². The van der Waals surface area contributed by atoms with Crippen LogP contribution in [0.2, 0.25) is 0 Å². The Morgan fingerprint density at radius 1 is 0.825 bits per heavy atom. The first-order valence-electron chi connectivity index (χ1n) is 21.2. The second-order valence-corrected chi connectivity index (χ2v) is 17.0. The minimum absolute atomic E-state index is 0.00197. The Morgan fingerprint density at radius 3 is 2.24 bits per heavy atom. The fourth-order valence-electron chi connectivity index (χ4n) is 9.81. The summed E-state index contributed by atoms with van der Waals surface area (Å²) < 4.78 is 33.4. The molecule has 3 aromatic carbocycles. The second-order valence-electron chi connectivity index (χ2n) is 17.0. The van der Waals surface area contributed by atoms with Crippen LogP contribution in [-0.2, 0) is 14.4 Å².